The first-order chi connectivity index (χ1) is 15.6. The van der Waals surface area contributed by atoms with E-state index in [9.17, 15) is 9.59 Å². The molecule has 1 aliphatic carbocycles. The quantitative estimate of drug-likeness (QED) is 0.748. The molecule has 2 amide bonds. The van der Waals surface area contributed by atoms with Crippen LogP contribution >= 0.6 is 0 Å². The largest absolute Gasteiger partial charge is 0.354 e. The fraction of sp³-hybridized carbons (Fsp3) is 0.560. The Morgan fingerprint density at radius 2 is 1.97 bits per heavy atom. The van der Waals surface area contributed by atoms with E-state index in [1.165, 1.54) is 0 Å². The molecular formula is C25H33N5O2. The van der Waals surface area contributed by atoms with Gasteiger partial charge in [0, 0.05) is 43.4 Å². The number of rotatable bonds is 6. The highest BCUT2D eigenvalue weighted by molar-refractivity contribution is 5.84. The third-order valence-corrected chi connectivity index (χ3v) is 6.71. The molecular weight excluding hydrogens is 402 g/mol. The van der Waals surface area contributed by atoms with Crippen LogP contribution in [-0.2, 0) is 9.59 Å². The number of hydrogen-bond donors (Lipinski definition) is 1. The molecule has 0 spiro atoms. The van der Waals surface area contributed by atoms with Crippen LogP contribution in [0.2, 0.25) is 0 Å². The van der Waals surface area contributed by atoms with Crippen molar-refractivity contribution in [2.45, 2.75) is 64.2 Å². The molecule has 7 nitrogen and oxygen atoms in total. The average Bonchev–Trinajstić information content (AvgIpc) is 3.02. The lowest BCUT2D eigenvalue weighted by Gasteiger charge is -2.29. The van der Waals surface area contributed by atoms with Gasteiger partial charge in [0.2, 0.25) is 11.8 Å². The molecule has 1 aliphatic heterocycles. The Labute approximate surface area is 190 Å². The third-order valence-electron chi connectivity index (χ3n) is 6.71. The number of pyridine rings is 1. The summed E-state index contributed by atoms with van der Waals surface area (Å²) in [6.45, 7) is 3.52. The fourth-order valence-electron chi connectivity index (χ4n) is 4.85. The summed E-state index contributed by atoms with van der Waals surface area (Å²) in [5.74, 6) is 1.72. The molecule has 0 bridgehead atoms. The van der Waals surface area contributed by atoms with Gasteiger partial charge in [0.15, 0.2) is 0 Å². The highest BCUT2D eigenvalue weighted by atomic mass is 16.2. The predicted octanol–water partition coefficient (Wildman–Crippen LogP) is 3.64. The lowest BCUT2D eigenvalue weighted by Crippen LogP contribution is -2.42. The minimum atomic E-state index is -0.0359. The molecule has 1 N–H and O–H groups in total. The molecule has 3 heterocycles. The van der Waals surface area contributed by atoms with Crippen molar-refractivity contribution < 1.29 is 9.59 Å². The maximum atomic E-state index is 12.4. The molecule has 0 atom stereocenters. The predicted molar refractivity (Wildman–Crippen MR) is 123 cm³/mol. The molecule has 1 saturated carbocycles. The van der Waals surface area contributed by atoms with Gasteiger partial charge in [-0.05, 0) is 63.5 Å². The van der Waals surface area contributed by atoms with Crippen molar-refractivity contribution in [3.63, 3.8) is 0 Å². The van der Waals surface area contributed by atoms with E-state index in [1.54, 1.807) is 11.1 Å². The van der Waals surface area contributed by atoms with Crippen molar-refractivity contribution in [2.24, 2.45) is 5.92 Å². The SMILES string of the molecule is Cc1ncc(-c2ccccn2)c(C2CCC(CNC(=O)CN3CCCCCC3=O)CC2)n1. The van der Waals surface area contributed by atoms with Crippen LogP contribution < -0.4 is 5.32 Å². The second kappa shape index (κ2) is 10.7. The van der Waals surface area contributed by atoms with Crippen LogP contribution in [0.15, 0.2) is 30.6 Å². The molecule has 0 unspecified atom stereocenters. The van der Waals surface area contributed by atoms with Gasteiger partial charge < -0.3 is 10.2 Å². The van der Waals surface area contributed by atoms with E-state index < -0.39 is 0 Å². The number of aryl methyl sites for hydroxylation is 1. The number of carbonyl (C=O) groups is 2. The van der Waals surface area contributed by atoms with Crippen LogP contribution in [0.4, 0.5) is 0 Å². The van der Waals surface area contributed by atoms with Crippen LogP contribution in [0, 0.1) is 12.8 Å². The first-order valence-electron chi connectivity index (χ1n) is 11.9. The fourth-order valence-corrected chi connectivity index (χ4v) is 4.85. The van der Waals surface area contributed by atoms with Gasteiger partial charge in [0.25, 0.3) is 0 Å². The van der Waals surface area contributed by atoms with E-state index in [0.29, 0.717) is 31.3 Å². The van der Waals surface area contributed by atoms with Crippen molar-refractivity contribution in [3.8, 4) is 11.3 Å². The minimum absolute atomic E-state index is 0.0359. The van der Waals surface area contributed by atoms with Crippen molar-refractivity contribution in [1.82, 2.24) is 25.2 Å². The molecule has 0 aromatic carbocycles. The minimum Gasteiger partial charge on any atom is -0.354 e. The number of carbonyl (C=O) groups excluding carboxylic acids is 2. The van der Waals surface area contributed by atoms with E-state index in [-0.39, 0.29) is 18.4 Å². The van der Waals surface area contributed by atoms with Crippen molar-refractivity contribution in [3.05, 3.63) is 42.1 Å². The van der Waals surface area contributed by atoms with Gasteiger partial charge in [-0.15, -0.1) is 0 Å². The van der Waals surface area contributed by atoms with E-state index >= 15 is 0 Å². The van der Waals surface area contributed by atoms with E-state index in [0.717, 1.165) is 67.7 Å². The Balaban J connectivity index is 1.30. The van der Waals surface area contributed by atoms with Gasteiger partial charge in [-0.25, -0.2) is 9.97 Å². The summed E-state index contributed by atoms with van der Waals surface area (Å²) in [4.78, 5) is 39.9. The molecule has 2 aromatic heterocycles. The zero-order valence-corrected chi connectivity index (χ0v) is 18.9. The summed E-state index contributed by atoms with van der Waals surface area (Å²) < 4.78 is 0. The Morgan fingerprint density at radius 3 is 2.75 bits per heavy atom. The molecule has 1 saturated heterocycles. The van der Waals surface area contributed by atoms with Gasteiger partial charge in [0.05, 0.1) is 17.9 Å². The molecule has 4 rings (SSSR count). The van der Waals surface area contributed by atoms with Gasteiger partial charge in [-0.3, -0.25) is 14.6 Å². The summed E-state index contributed by atoms with van der Waals surface area (Å²) in [5.41, 5.74) is 3.04. The number of nitrogens with one attached hydrogen (secondary N) is 1. The second-order valence-electron chi connectivity index (χ2n) is 9.08. The maximum Gasteiger partial charge on any atom is 0.239 e. The third kappa shape index (κ3) is 5.69. The molecule has 2 fully saturated rings. The Kier molecular flexibility index (Phi) is 7.45. The Hall–Kier alpha value is -2.83. The summed E-state index contributed by atoms with van der Waals surface area (Å²) in [7, 11) is 0. The molecule has 32 heavy (non-hydrogen) atoms. The standard InChI is InChI=1S/C25H33N5O2/c1-18-27-16-21(22-7-4-5-13-26-22)25(29-18)20-11-9-19(10-12-20)15-28-23(31)17-30-14-6-2-3-8-24(30)32/h4-5,7,13,16,19-20H,2-3,6,8-12,14-15,17H2,1H3,(H,28,31). The van der Waals surface area contributed by atoms with Crippen molar-refractivity contribution >= 4 is 11.8 Å². The molecule has 7 heteroatoms. The summed E-state index contributed by atoms with van der Waals surface area (Å²) in [5, 5.41) is 3.07. The number of aromatic nitrogens is 3. The number of amides is 2. The Bertz CT molecular complexity index is 925. The van der Waals surface area contributed by atoms with Crippen LogP contribution in [0.5, 0.6) is 0 Å². The van der Waals surface area contributed by atoms with E-state index in [4.69, 9.17) is 4.98 Å². The average molecular weight is 436 g/mol. The number of hydrogen-bond acceptors (Lipinski definition) is 5. The maximum absolute atomic E-state index is 12.4. The highest BCUT2D eigenvalue weighted by Crippen LogP contribution is 2.38. The zero-order valence-electron chi connectivity index (χ0n) is 18.9. The van der Waals surface area contributed by atoms with Gasteiger partial charge in [0.1, 0.15) is 5.82 Å². The van der Waals surface area contributed by atoms with Gasteiger partial charge in [-0.1, -0.05) is 12.5 Å². The zero-order chi connectivity index (χ0) is 22.3. The number of likely N-dealkylation sites (tertiary alicyclic amines) is 1. The smallest absolute Gasteiger partial charge is 0.239 e. The van der Waals surface area contributed by atoms with Crippen molar-refractivity contribution in [2.75, 3.05) is 19.6 Å². The second-order valence-corrected chi connectivity index (χ2v) is 9.08. The Morgan fingerprint density at radius 1 is 1.12 bits per heavy atom. The van der Waals surface area contributed by atoms with Crippen molar-refractivity contribution in [1.29, 1.82) is 0 Å². The number of nitrogens with zero attached hydrogens (tertiary/aromatic N) is 4. The van der Waals surface area contributed by atoms with Crippen LogP contribution in [0.25, 0.3) is 11.3 Å². The molecule has 2 aliphatic rings. The van der Waals surface area contributed by atoms with Crippen LogP contribution in [0.1, 0.15) is 68.8 Å². The van der Waals surface area contributed by atoms with Gasteiger partial charge >= 0.3 is 0 Å². The summed E-state index contributed by atoms with van der Waals surface area (Å²) in [6, 6.07) is 5.92. The highest BCUT2D eigenvalue weighted by Gasteiger charge is 2.27. The van der Waals surface area contributed by atoms with Gasteiger partial charge in [-0.2, -0.15) is 0 Å². The molecule has 0 radical (unpaired) electrons. The topological polar surface area (TPSA) is 88.1 Å². The van der Waals surface area contributed by atoms with Crippen LogP contribution in [0.3, 0.4) is 0 Å². The summed E-state index contributed by atoms with van der Waals surface area (Å²) in [6.07, 6.45) is 11.5. The van der Waals surface area contributed by atoms with Crippen LogP contribution in [-0.4, -0.2) is 51.3 Å². The normalized spacial score (nSPS) is 21.8. The first-order valence-corrected chi connectivity index (χ1v) is 11.9. The summed E-state index contributed by atoms with van der Waals surface area (Å²) >= 11 is 0. The van der Waals surface area contributed by atoms with E-state index in [2.05, 4.69) is 15.3 Å². The first kappa shape index (κ1) is 22.4. The lowest BCUT2D eigenvalue weighted by molar-refractivity contribution is -0.135. The van der Waals surface area contributed by atoms with E-state index in [1.807, 2.05) is 31.3 Å². The molecule has 2 aromatic rings. The lowest BCUT2D eigenvalue weighted by atomic mass is 9.79. The molecule has 170 valence electrons. The monoisotopic (exact) mass is 435 g/mol.